The summed E-state index contributed by atoms with van der Waals surface area (Å²) in [5.74, 6) is 1.24. The fraction of sp³-hybridized carbons (Fsp3) is 0.562. The second kappa shape index (κ2) is 7.41. The highest BCUT2D eigenvalue weighted by atomic mass is 16.5. The first-order chi connectivity index (χ1) is 11.2. The van der Waals surface area contributed by atoms with Crippen LogP contribution in [0.3, 0.4) is 0 Å². The number of carbonyl (C=O) groups excluding carboxylic acids is 1. The van der Waals surface area contributed by atoms with Gasteiger partial charge in [-0.3, -0.25) is 4.79 Å². The highest BCUT2D eigenvalue weighted by Crippen LogP contribution is 2.23. The number of aryl methyl sites for hydroxylation is 1. The minimum absolute atomic E-state index is 0.0341. The molecule has 0 aliphatic heterocycles. The summed E-state index contributed by atoms with van der Waals surface area (Å²) in [6.07, 6.45) is 7.33. The molecular weight excluding hydrogens is 298 g/mol. The highest BCUT2D eigenvalue weighted by molar-refractivity contribution is 5.76. The first-order valence-corrected chi connectivity index (χ1v) is 8.00. The smallest absolute Gasteiger partial charge is 0.227 e. The first-order valence-electron chi connectivity index (χ1n) is 8.00. The van der Waals surface area contributed by atoms with Gasteiger partial charge in [0.2, 0.25) is 17.6 Å². The fourth-order valence-electron chi connectivity index (χ4n) is 2.88. The molecule has 2 aromatic rings. The van der Waals surface area contributed by atoms with Gasteiger partial charge in [0.05, 0.1) is 17.9 Å². The first kappa shape index (κ1) is 15.7. The molecule has 3 rings (SSSR count). The standard InChI is InChI=1S/C16H21N3O4/c20-13-3-1-2-11(8-13)9-17-14(21)4-5-15-18-16(19-23-15)12-6-7-22-10-12/h6-7,10-11,13,20H,1-5,8-9H2,(H,17,21). The van der Waals surface area contributed by atoms with E-state index in [1.54, 1.807) is 18.6 Å². The van der Waals surface area contributed by atoms with Gasteiger partial charge in [0, 0.05) is 19.4 Å². The van der Waals surface area contributed by atoms with Crippen molar-refractivity contribution in [2.45, 2.75) is 44.6 Å². The zero-order valence-corrected chi connectivity index (χ0v) is 12.9. The Morgan fingerprint density at radius 3 is 3.13 bits per heavy atom. The van der Waals surface area contributed by atoms with Crippen LogP contribution in [0.25, 0.3) is 11.4 Å². The molecule has 2 unspecified atom stereocenters. The summed E-state index contributed by atoms with van der Waals surface area (Å²) in [7, 11) is 0. The van der Waals surface area contributed by atoms with Crippen molar-refractivity contribution in [3.63, 3.8) is 0 Å². The van der Waals surface area contributed by atoms with Gasteiger partial charge in [0.1, 0.15) is 6.26 Å². The molecule has 7 nitrogen and oxygen atoms in total. The summed E-state index contributed by atoms with van der Waals surface area (Å²) in [6.45, 7) is 0.625. The van der Waals surface area contributed by atoms with E-state index in [-0.39, 0.29) is 12.0 Å². The van der Waals surface area contributed by atoms with Gasteiger partial charge in [0.15, 0.2) is 0 Å². The van der Waals surface area contributed by atoms with Gasteiger partial charge in [-0.25, -0.2) is 0 Å². The summed E-state index contributed by atoms with van der Waals surface area (Å²) in [6, 6.07) is 1.75. The zero-order chi connectivity index (χ0) is 16.1. The Labute approximate surface area is 134 Å². The van der Waals surface area contributed by atoms with Crippen LogP contribution in [0, 0.1) is 5.92 Å². The lowest BCUT2D eigenvalue weighted by atomic mass is 9.87. The summed E-state index contributed by atoms with van der Waals surface area (Å²) >= 11 is 0. The van der Waals surface area contributed by atoms with Gasteiger partial charge in [0.25, 0.3) is 0 Å². The third-order valence-electron chi connectivity index (χ3n) is 4.16. The van der Waals surface area contributed by atoms with Crippen LogP contribution in [0.5, 0.6) is 0 Å². The Balaban J connectivity index is 1.40. The fourth-order valence-corrected chi connectivity index (χ4v) is 2.88. The van der Waals surface area contributed by atoms with E-state index < -0.39 is 0 Å². The number of carbonyl (C=O) groups is 1. The number of aliphatic hydroxyl groups is 1. The van der Waals surface area contributed by atoms with Crippen molar-refractivity contribution in [3.8, 4) is 11.4 Å². The van der Waals surface area contributed by atoms with Crippen LogP contribution in [0.1, 0.15) is 38.0 Å². The quantitative estimate of drug-likeness (QED) is 0.843. The Morgan fingerprint density at radius 2 is 2.35 bits per heavy atom. The lowest BCUT2D eigenvalue weighted by Gasteiger charge is -2.25. The van der Waals surface area contributed by atoms with Crippen LogP contribution in [-0.4, -0.2) is 33.8 Å². The predicted molar refractivity (Wildman–Crippen MR) is 81.3 cm³/mol. The number of furan rings is 1. The second-order valence-electron chi connectivity index (χ2n) is 6.01. The van der Waals surface area contributed by atoms with Gasteiger partial charge in [-0.2, -0.15) is 4.98 Å². The van der Waals surface area contributed by atoms with E-state index in [4.69, 9.17) is 8.94 Å². The number of nitrogens with zero attached hydrogens (tertiary/aromatic N) is 2. The summed E-state index contributed by atoms with van der Waals surface area (Å²) in [4.78, 5) is 16.1. The summed E-state index contributed by atoms with van der Waals surface area (Å²) < 4.78 is 10.1. The number of amides is 1. The van der Waals surface area contributed by atoms with Crippen LogP contribution in [0.2, 0.25) is 0 Å². The normalized spacial score (nSPS) is 21.3. The van der Waals surface area contributed by atoms with E-state index in [2.05, 4.69) is 15.5 Å². The zero-order valence-electron chi connectivity index (χ0n) is 12.9. The average Bonchev–Trinajstić information content (AvgIpc) is 3.22. The van der Waals surface area contributed by atoms with Gasteiger partial charge in [-0.05, 0) is 31.2 Å². The molecule has 2 N–H and O–H groups in total. The van der Waals surface area contributed by atoms with Crippen LogP contribution >= 0.6 is 0 Å². The molecule has 2 heterocycles. The molecular formula is C16H21N3O4. The highest BCUT2D eigenvalue weighted by Gasteiger charge is 2.20. The van der Waals surface area contributed by atoms with E-state index in [0.29, 0.717) is 37.0 Å². The number of nitrogens with one attached hydrogen (secondary N) is 1. The third-order valence-corrected chi connectivity index (χ3v) is 4.16. The Kier molecular flexibility index (Phi) is 5.07. The molecule has 1 saturated carbocycles. The molecule has 7 heteroatoms. The van der Waals surface area contributed by atoms with Crippen molar-refractivity contribution in [2.75, 3.05) is 6.54 Å². The van der Waals surface area contributed by atoms with Crippen molar-refractivity contribution < 1.29 is 18.8 Å². The molecule has 0 aromatic carbocycles. The maximum absolute atomic E-state index is 11.9. The number of hydrogen-bond donors (Lipinski definition) is 2. The molecule has 124 valence electrons. The lowest BCUT2D eigenvalue weighted by Crippen LogP contribution is -2.33. The Hall–Kier alpha value is -2.15. The van der Waals surface area contributed by atoms with Gasteiger partial charge < -0.3 is 19.4 Å². The molecule has 0 saturated heterocycles. The topological polar surface area (TPSA) is 101 Å². The van der Waals surface area contributed by atoms with E-state index >= 15 is 0 Å². The minimum Gasteiger partial charge on any atom is -0.472 e. The second-order valence-corrected chi connectivity index (χ2v) is 6.01. The van der Waals surface area contributed by atoms with Crippen molar-refractivity contribution >= 4 is 5.91 Å². The molecule has 1 aliphatic rings. The number of aliphatic hydroxyl groups excluding tert-OH is 1. The lowest BCUT2D eigenvalue weighted by molar-refractivity contribution is -0.121. The molecule has 0 radical (unpaired) electrons. The summed E-state index contributed by atoms with van der Waals surface area (Å²) in [5.41, 5.74) is 0.750. The van der Waals surface area contributed by atoms with Crippen LogP contribution < -0.4 is 5.32 Å². The van der Waals surface area contributed by atoms with Gasteiger partial charge >= 0.3 is 0 Å². The Bertz CT molecular complexity index is 623. The van der Waals surface area contributed by atoms with E-state index in [0.717, 1.165) is 31.2 Å². The van der Waals surface area contributed by atoms with Crippen molar-refractivity contribution in [2.24, 2.45) is 5.92 Å². The molecule has 1 aliphatic carbocycles. The number of rotatable bonds is 6. The molecule has 1 fully saturated rings. The largest absolute Gasteiger partial charge is 0.472 e. The van der Waals surface area contributed by atoms with Crippen LogP contribution in [-0.2, 0) is 11.2 Å². The minimum atomic E-state index is -0.217. The average molecular weight is 319 g/mol. The van der Waals surface area contributed by atoms with Gasteiger partial charge in [-0.15, -0.1) is 0 Å². The maximum atomic E-state index is 11.9. The molecule has 2 atom stereocenters. The van der Waals surface area contributed by atoms with E-state index in [9.17, 15) is 9.90 Å². The molecule has 0 spiro atoms. The van der Waals surface area contributed by atoms with E-state index in [1.807, 2.05) is 0 Å². The van der Waals surface area contributed by atoms with Crippen molar-refractivity contribution in [3.05, 3.63) is 24.5 Å². The predicted octanol–water partition coefficient (Wildman–Crippen LogP) is 1.93. The molecule has 0 bridgehead atoms. The van der Waals surface area contributed by atoms with Crippen molar-refractivity contribution in [1.82, 2.24) is 15.5 Å². The third kappa shape index (κ3) is 4.41. The maximum Gasteiger partial charge on any atom is 0.227 e. The van der Waals surface area contributed by atoms with Gasteiger partial charge in [-0.1, -0.05) is 11.6 Å². The van der Waals surface area contributed by atoms with Crippen LogP contribution in [0.4, 0.5) is 0 Å². The van der Waals surface area contributed by atoms with E-state index in [1.165, 1.54) is 0 Å². The molecule has 1 amide bonds. The SMILES string of the molecule is O=C(CCc1nc(-c2ccoc2)no1)NCC1CCCC(O)C1. The molecule has 2 aromatic heterocycles. The molecule has 23 heavy (non-hydrogen) atoms. The number of hydrogen-bond acceptors (Lipinski definition) is 6. The monoisotopic (exact) mass is 319 g/mol. The Morgan fingerprint density at radius 1 is 1.43 bits per heavy atom. The van der Waals surface area contributed by atoms with Crippen LogP contribution in [0.15, 0.2) is 27.5 Å². The number of aromatic nitrogens is 2. The summed E-state index contributed by atoms with van der Waals surface area (Å²) in [5, 5.41) is 16.4. The van der Waals surface area contributed by atoms with Crippen molar-refractivity contribution in [1.29, 1.82) is 0 Å².